The van der Waals surface area contributed by atoms with E-state index in [1.165, 1.54) is 10.4 Å². The van der Waals surface area contributed by atoms with Crippen LogP contribution in [0, 0.1) is 12.3 Å². The van der Waals surface area contributed by atoms with Crippen LogP contribution in [-0.2, 0) is 10.0 Å². The van der Waals surface area contributed by atoms with Crippen LogP contribution < -0.4 is 11.5 Å². The maximum Gasteiger partial charge on any atom is 0.253 e. The number of amidine groups is 1. The van der Waals surface area contributed by atoms with Crippen molar-refractivity contribution in [3.8, 4) is 0 Å². The Hall–Kier alpha value is -2.91. The molecule has 0 saturated carbocycles. The van der Waals surface area contributed by atoms with Gasteiger partial charge in [-0.2, -0.15) is 4.31 Å². The van der Waals surface area contributed by atoms with E-state index in [1.807, 2.05) is 6.92 Å². The molecule has 1 heterocycles. The van der Waals surface area contributed by atoms with Gasteiger partial charge in [-0.3, -0.25) is 10.2 Å². The number of nitrogens with one attached hydrogen (secondary N) is 1. The van der Waals surface area contributed by atoms with E-state index in [-0.39, 0.29) is 29.7 Å². The van der Waals surface area contributed by atoms with E-state index in [0.717, 1.165) is 5.56 Å². The predicted molar refractivity (Wildman–Crippen MR) is 108 cm³/mol. The molecule has 5 N–H and O–H groups in total. The van der Waals surface area contributed by atoms with E-state index in [4.69, 9.17) is 16.9 Å². The molecule has 1 fully saturated rings. The third-order valence-electron chi connectivity index (χ3n) is 4.86. The number of carbonyl (C=O) groups excluding carboxylic acids is 1. The fourth-order valence-corrected chi connectivity index (χ4v) is 4.49. The molecule has 1 aliphatic rings. The SMILES string of the molecule is Cc1ccc(S(=O)(=O)N2CCN(C(=O)c3ccc(C(=N)N)cc3)CC2)cc1N. The summed E-state index contributed by atoms with van der Waals surface area (Å²) in [5, 5.41) is 7.40. The number of nitrogens with two attached hydrogens (primary N) is 2. The third-order valence-corrected chi connectivity index (χ3v) is 6.75. The third kappa shape index (κ3) is 3.85. The summed E-state index contributed by atoms with van der Waals surface area (Å²) in [6.45, 7) is 2.85. The number of anilines is 1. The van der Waals surface area contributed by atoms with Crippen molar-refractivity contribution in [2.45, 2.75) is 11.8 Å². The molecule has 9 heteroatoms. The quantitative estimate of drug-likeness (QED) is 0.399. The zero-order valence-corrected chi connectivity index (χ0v) is 16.4. The number of hydrogen-bond acceptors (Lipinski definition) is 5. The van der Waals surface area contributed by atoms with Crippen molar-refractivity contribution >= 4 is 27.5 Å². The summed E-state index contributed by atoms with van der Waals surface area (Å²) in [6, 6.07) is 11.2. The number of nitrogens with zero attached hydrogens (tertiary/aromatic N) is 2. The largest absolute Gasteiger partial charge is 0.398 e. The molecule has 0 aromatic heterocycles. The summed E-state index contributed by atoms with van der Waals surface area (Å²) in [4.78, 5) is 14.4. The molecule has 3 rings (SSSR count). The Morgan fingerprint density at radius 3 is 2.11 bits per heavy atom. The molecule has 0 unspecified atom stereocenters. The molecule has 2 aromatic rings. The standard InChI is InChI=1S/C19H23N5O3S/c1-13-2-7-16(12-17(13)20)28(26,27)24-10-8-23(9-11-24)19(25)15-5-3-14(4-6-15)18(21)22/h2-7,12H,8-11,20H2,1H3,(H3,21,22). The number of benzene rings is 2. The second kappa shape index (κ2) is 7.61. The number of sulfonamides is 1. The normalized spacial score (nSPS) is 15.4. The highest BCUT2D eigenvalue weighted by Crippen LogP contribution is 2.22. The molecular weight excluding hydrogens is 378 g/mol. The first-order chi connectivity index (χ1) is 13.2. The Balaban J connectivity index is 1.68. The second-order valence-electron chi connectivity index (χ2n) is 6.71. The summed E-state index contributed by atoms with van der Waals surface area (Å²) >= 11 is 0. The van der Waals surface area contributed by atoms with Gasteiger partial charge in [0.05, 0.1) is 4.90 Å². The first-order valence-electron chi connectivity index (χ1n) is 8.80. The fourth-order valence-electron chi connectivity index (χ4n) is 3.03. The lowest BCUT2D eigenvalue weighted by molar-refractivity contribution is 0.0698. The lowest BCUT2D eigenvalue weighted by Gasteiger charge is -2.34. The number of nitrogen functional groups attached to an aromatic ring is 2. The van der Waals surface area contributed by atoms with Crippen molar-refractivity contribution < 1.29 is 13.2 Å². The van der Waals surface area contributed by atoms with Gasteiger partial charge in [0.1, 0.15) is 5.84 Å². The lowest BCUT2D eigenvalue weighted by atomic mass is 10.1. The van der Waals surface area contributed by atoms with Gasteiger partial charge in [0.25, 0.3) is 5.91 Å². The summed E-state index contributed by atoms with van der Waals surface area (Å²) < 4.78 is 27.0. The Labute approximate surface area is 164 Å². The average Bonchev–Trinajstić information content (AvgIpc) is 2.69. The Morgan fingerprint density at radius 1 is 1.00 bits per heavy atom. The highest BCUT2D eigenvalue weighted by Gasteiger charge is 2.30. The van der Waals surface area contributed by atoms with Crippen LogP contribution in [0.15, 0.2) is 47.4 Å². The summed E-state index contributed by atoms with van der Waals surface area (Å²) in [6.07, 6.45) is 0. The molecule has 1 saturated heterocycles. The van der Waals surface area contributed by atoms with Gasteiger partial charge < -0.3 is 16.4 Å². The van der Waals surface area contributed by atoms with Gasteiger partial charge in [-0.05, 0) is 36.8 Å². The Kier molecular flexibility index (Phi) is 5.39. The molecule has 1 amide bonds. The van der Waals surface area contributed by atoms with E-state index in [1.54, 1.807) is 41.3 Å². The number of carbonyl (C=O) groups is 1. The van der Waals surface area contributed by atoms with Crippen molar-refractivity contribution in [2.75, 3.05) is 31.9 Å². The van der Waals surface area contributed by atoms with Crippen LogP contribution in [0.4, 0.5) is 5.69 Å². The van der Waals surface area contributed by atoms with Crippen molar-refractivity contribution in [3.05, 3.63) is 59.2 Å². The highest BCUT2D eigenvalue weighted by atomic mass is 32.2. The van der Waals surface area contributed by atoms with E-state index in [9.17, 15) is 13.2 Å². The first kappa shape index (κ1) is 19.8. The molecular formula is C19H23N5O3S. The van der Waals surface area contributed by atoms with Crippen molar-refractivity contribution in [3.63, 3.8) is 0 Å². The lowest BCUT2D eigenvalue weighted by Crippen LogP contribution is -2.50. The second-order valence-corrected chi connectivity index (χ2v) is 8.64. The molecule has 28 heavy (non-hydrogen) atoms. The van der Waals surface area contributed by atoms with E-state index >= 15 is 0 Å². The van der Waals surface area contributed by atoms with Gasteiger partial charge in [0, 0.05) is 43.0 Å². The van der Waals surface area contributed by atoms with Gasteiger partial charge in [0.15, 0.2) is 0 Å². The van der Waals surface area contributed by atoms with Crippen LogP contribution in [0.2, 0.25) is 0 Å². The first-order valence-corrected chi connectivity index (χ1v) is 10.2. The van der Waals surface area contributed by atoms with Gasteiger partial charge in [-0.1, -0.05) is 18.2 Å². The van der Waals surface area contributed by atoms with E-state index < -0.39 is 10.0 Å². The number of aryl methyl sites for hydroxylation is 1. The minimum atomic E-state index is -3.65. The van der Waals surface area contributed by atoms with Crippen molar-refractivity contribution in [1.82, 2.24) is 9.21 Å². The maximum absolute atomic E-state index is 12.8. The van der Waals surface area contributed by atoms with Gasteiger partial charge in [0.2, 0.25) is 10.0 Å². The Morgan fingerprint density at radius 2 is 1.57 bits per heavy atom. The molecule has 148 valence electrons. The monoisotopic (exact) mass is 401 g/mol. The number of amides is 1. The minimum Gasteiger partial charge on any atom is -0.398 e. The predicted octanol–water partition coefficient (Wildman–Crippen LogP) is 1.01. The summed E-state index contributed by atoms with van der Waals surface area (Å²) in [7, 11) is -3.65. The molecule has 0 radical (unpaired) electrons. The topological polar surface area (TPSA) is 134 Å². The molecule has 0 bridgehead atoms. The maximum atomic E-state index is 12.8. The molecule has 0 atom stereocenters. The van der Waals surface area contributed by atoms with Crippen LogP contribution in [0.3, 0.4) is 0 Å². The van der Waals surface area contributed by atoms with Crippen LogP contribution in [0.1, 0.15) is 21.5 Å². The van der Waals surface area contributed by atoms with Crippen LogP contribution in [-0.4, -0.2) is 55.5 Å². The number of piperazine rings is 1. The smallest absolute Gasteiger partial charge is 0.253 e. The average molecular weight is 401 g/mol. The van der Waals surface area contributed by atoms with Crippen molar-refractivity contribution in [2.24, 2.45) is 5.73 Å². The zero-order valence-electron chi connectivity index (χ0n) is 15.6. The Bertz CT molecular complexity index is 1010. The highest BCUT2D eigenvalue weighted by molar-refractivity contribution is 7.89. The van der Waals surface area contributed by atoms with E-state index in [2.05, 4.69) is 0 Å². The minimum absolute atomic E-state index is 0.0606. The van der Waals surface area contributed by atoms with Crippen LogP contribution in [0.5, 0.6) is 0 Å². The summed E-state index contributed by atoms with van der Waals surface area (Å²) in [5.74, 6) is -0.235. The fraction of sp³-hybridized carbons (Fsp3) is 0.263. The van der Waals surface area contributed by atoms with Gasteiger partial charge in [-0.15, -0.1) is 0 Å². The zero-order chi connectivity index (χ0) is 20.5. The molecule has 0 spiro atoms. The van der Waals surface area contributed by atoms with Gasteiger partial charge in [-0.25, -0.2) is 8.42 Å². The van der Waals surface area contributed by atoms with Crippen LogP contribution in [0.25, 0.3) is 0 Å². The molecule has 1 aliphatic heterocycles. The van der Waals surface area contributed by atoms with Crippen LogP contribution >= 0.6 is 0 Å². The van der Waals surface area contributed by atoms with E-state index in [0.29, 0.717) is 29.9 Å². The van der Waals surface area contributed by atoms with Gasteiger partial charge >= 0.3 is 0 Å². The summed E-state index contributed by atoms with van der Waals surface area (Å²) in [5.41, 5.74) is 13.6. The molecule has 2 aromatic carbocycles. The van der Waals surface area contributed by atoms with Crippen molar-refractivity contribution in [1.29, 1.82) is 5.41 Å². The molecule has 8 nitrogen and oxygen atoms in total. The number of rotatable bonds is 4. The number of hydrogen-bond donors (Lipinski definition) is 3. The molecule has 0 aliphatic carbocycles.